The molecule has 1 N–H and O–H groups in total. The van der Waals surface area contributed by atoms with Crippen LogP contribution in [0.2, 0.25) is 0 Å². The van der Waals surface area contributed by atoms with E-state index in [-0.39, 0.29) is 18.0 Å². The summed E-state index contributed by atoms with van der Waals surface area (Å²) in [5.41, 5.74) is 1.20. The lowest BCUT2D eigenvalue weighted by atomic mass is 10.2. The third-order valence-corrected chi connectivity index (χ3v) is 3.44. The predicted molar refractivity (Wildman–Crippen MR) is 86.1 cm³/mol. The second-order valence-electron chi connectivity index (χ2n) is 4.65. The van der Waals surface area contributed by atoms with Crippen molar-refractivity contribution >= 4 is 27.5 Å². The van der Waals surface area contributed by atoms with Crippen LogP contribution in [0.15, 0.2) is 46.9 Å². The number of amides is 1. The minimum Gasteiger partial charge on any atom is -0.483 e. The molecule has 0 atom stereocenters. The molecule has 0 aliphatic carbocycles. The quantitative estimate of drug-likeness (QED) is 0.802. The summed E-state index contributed by atoms with van der Waals surface area (Å²) in [5.74, 6) is -0.0713. The fourth-order valence-electron chi connectivity index (χ4n) is 1.82. The lowest BCUT2D eigenvalue weighted by molar-refractivity contribution is -0.118. The Bertz CT molecular complexity index is 695. The molecule has 0 aliphatic heterocycles. The highest BCUT2D eigenvalue weighted by atomic mass is 79.9. The van der Waals surface area contributed by atoms with Gasteiger partial charge in [-0.3, -0.25) is 4.79 Å². The van der Waals surface area contributed by atoms with Crippen LogP contribution >= 0.6 is 15.9 Å². The summed E-state index contributed by atoms with van der Waals surface area (Å²) in [5, 5.41) is 2.48. The van der Waals surface area contributed by atoms with Gasteiger partial charge in [-0.15, -0.1) is 0 Å². The summed E-state index contributed by atoms with van der Waals surface area (Å²) < 4.78 is 35.1. The smallest absolute Gasteiger partial charge is 0.387 e. The van der Waals surface area contributed by atoms with Crippen molar-refractivity contribution in [1.29, 1.82) is 0 Å². The molecule has 23 heavy (non-hydrogen) atoms. The molecule has 0 heterocycles. The molecule has 122 valence electrons. The van der Waals surface area contributed by atoms with Gasteiger partial charge in [0.1, 0.15) is 11.5 Å². The van der Waals surface area contributed by atoms with E-state index >= 15 is 0 Å². The Morgan fingerprint density at radius 3 is 2.65 bits per heavy atom. The van der Waals surface area contributed by atoms with Crippen LogP contribution in [-0.4, -0.2) is 19.1 Å². The number of para-hydroxylation sites is 2. The van der Waals surface area contributed by atoms with Gasteiger partial charge in [-0.1, -0.05) is 18.2 Å². The molecule has 0 saturated heterocycles. The van der Waals surface area contributed by atoms with E-state index in [9.17, 15) is 13.6 Å². The molecule has 0 unspecified atom stereocenters. The molecule has 0 aliphatic rings. The van der Waals surface area contributed by atoms with E-state index in [0.717, 1.165) is 10.0 Å². The number of hydrogen-bond donors (Lipinski definition) is 1. The van der Waals surface area contributed by atoms with E-state index in [4.69, 9.17) is 4.74 Å². The normalized spacial score (nSPS) is 10.5. The van der Waals surface area contributed by atoms with Crippen LogP contribution in [0.1, 0.15) is 5.56 Å². The van der Waals surface area contributed by atoms with Crippen LogP contribution in [0.4, 0.5) is 14.5 Å². The van der Waals surface area contributed by atoms with Crippen LogP contribution in [0, 0.1) is 6.92 Å². The first kappa shape index (κ1) is 17.2. The van der Waals surface area contributed by atoms with Crippen molar-refractivity contribution in [2.45, 2.75) is 13.5 Å². The fourth-order valence-corrected chi connectivity index (χ4v) is 2.43. The summed E-state index contributed by atoms with van der Waals surface area (Å²) in [6.07, 6.45) is 0. The third-order valence-electron chi connectivity index (χ3n) is 2.82. The molecule has 2 aromatic rings. The van der Waals surface area contributed by atoms with Crippen molar-refractivity contribution in [2.75, 3.05) is 11.9 Å². The third kappa shape index (κ3) is 5.21. The summed E-state index contributed by atoms with van der Waals surface area (Å²) >= 11 is 3.34. The number of halogens is 3. The number of aryl methyl sites for hydroxylation is 1. The zero-order valence-corrected chi connectivity index (χ0v) is 13.8. The molecule has 0 spiro atoms. The number of ether oxygens (including phenoxy) is 2. The van der Waals surface area contributed by atoms with Crippen LogP contribution in [-0.2, 0) is 4.79 Å². The number of benzene rings is 2. The van der Waals surface area contributed by atoms with Gasteiger partial charge in [0.05, 0.1) is 10.2 Å². The second-order valence-corrected chi connectivity index (χ2v) is 5.50. The number of carbonyl (C=O) groups excluding carboxylic acids is 1. The molecule has 0 aromatic heterocycles. The SMILES string of the molecule is Cc1ccc(OCC(=O)Nc2ccccc2OC(F)F)c(Br)c1. The largest absolute Gasteiger partial charge is 0.483 e. The maximum Gasteiger partial charge on any atom is 0.387 e. The highest BCUT2D eigenvalue weighted by Gasteiger charge is 2.12. The first-order valence-electron chi connectivity index (χ1n) is 6.68. The summed E-state index contributed by atoms with van der Waals surface area (Å²) in [7, 11) is 0. The van der Waals surface area contributed by atoms with Gasteiger partial charge in [0.25, 0.3) is 5.91 Å². The number of anilines is 1. The number of nitrogens with one attached hydrogen (secondary N) is 1. The zero-order valence-electron chi connectivity index (χ0n) is 12.2. The van der Waals surface area contributed by atoms with E-state index in [1.54, 1.807) is 12.1 Å². The van der Waals surface area contributed by atoms with Crippen molar-refractivity contribution in [3.8, 4) is 11.5 Å². The zero-order chi connectivity index (χ0) is 16.8. The summed E-state index contributed by atoms with van der Waals surface area (Å²) in [4.78, 5) is 11.9. The fraction of sp³-hybridized carbons (Fsp3) is 0.188. The Labute approximate surface area is 140 Å². The molecule has 0 radical (unpaired) electrons. The van der Waals surface area contributed by atoms with Crippen molar-refractivity contribution in [1.82, 2.24) is 0 Å². The molecule has 4 nitrogen and oxygen atoms in total. The molecule has 2 rings (SSSR count). The number of hydrogen-bond acceptors (Lipinski definition) is 3. The van der Waals surface area contributed by atoms with Crippen LogP contribution < -0.4 is 14.8 Å². The topological polar surface area (TPSA) is 47.6 Å². The monoisotopic (exact) mass is 385 g/mol. The van der Waals surface area contributed by atoms with E-state index in [0.29, 0.717) is 5.75 Å². The molecule has 1 amide bonds. The predicted octanol–water partition coefficient (Wildman–Crippen LogP) is 4.38. The van der Waals surface area contributed by atoms with Crippen molar-refractivity contribution < 1.29 is 23.0 Å². The van der Waals surface area contributed by atoms with Gasteiger partial charge in [0.15, 0.2) is 6.61 Å². The Morgan fingerprint density at radius 2 is 1.96 bits per heavy atom. The summed E-state index contributed by atoms with van der Waals surface area (Å²) in [6.45, 7) is -1.29. The molecule has 7 heteroatoms. The lowest BCUT2D eigenvalue weighted by Crippen LogP contribution is -2.21. The minimum atomic E-state index is -2.96. The highest BCUT2D eigenvalue weighted by Crippen LogP contribution is 2.27. The van der Waals surface area contributed by atoms with Crippen molar-refractivity contribution in [3.05, 3.63) is 52.5 Å². The second kappa shape index (κ2) is 7.92. The average Bonchev–Trinajstić information content (AvgIpc) is 2.48. The summed E-state index contributed by atoms with van der Waals surface area (Å²) in [6, 6.07) is 11.4. The van der Waals surface area contributed by atoms with Gasteiger partial charge < -0.3 is 14.8 Å². The van der Waals surface area contributed by atoms with E-state index in [2.05, 4.69) is 26.0 Å². The van der Waals surface area contributed by atoms with Crippen LogP contribution in [0.5, 0.6) is 11.5 Å². The highest BCUT2D eigenvalue weighted by molar-refractivity contribution is 9.10. The lowest BCUT2D eigenvalue weighted by Gasteiger charge is -2.12. The van der Waals surface area contributed by atoms with E-state index in [1.807, 2.05) is 19.1 Å². The van der Waals surface area contributed by atoms with Gasteiger partial charge in [0, 0.05) is 0 Å². The molecular formula is C16H14BrF2NO3. The Morgan fingerprint density at radius 1 is 1.22 bits per heavy atom. The first-order valence-corrected chi connectivity index (χ1v) is 7.47. The van der Waals surface area contributed by atoms with Crippen LogP contribution in [0.3, 0.4) is 0 Å². The molecular weight excluding hydrogens is 372 g/mol. The first-order chi connectivity index (χ1) is 11.0. The minimum absolute atomic E-state index is 0.104. The molecule has 0 saturated carbocycles. The Balaban J connectivity index is 1.97. The van der Waals surface area contributed by atoms with Crippen LogP contribution in [0.25, 0.3) is 0 Å². The van der Waals surface area contributed by atoms with Gasteiger partial charge in [-0.25, -0.2) is 0 Å². The average molecular weight is 386 g/mol. The standard InChI is InChI=1S/C16H14BrF2NO3/c1-10-6-7-13(11(17)8-10)22-9-15(21)20-12-4-2-3-5-14(12)23-16(18)19/h2-8,16H,9H2,1H3,(H,20,21). The van der Waals surface area contributed by atoms with E-state index in [1.165, 1.54) is 18.2 Å². The number of alkyl halides is 2. The number of rotatable bonds is 6. The van der Waals surface area contributed by atoms with Crippen molar-refractivity contribution in [3.63, 3.8) is 0 Å². The van der Waals surface area contributed by atoms with Gasteiger partial charge in [-0.2, -0.15) is 8.78 Å². The maximum atomic E-state index is 12.3. The molecule has 0 fully saturated rings. The van der Waals surface area contributed by atoms with Crippen molar-refractivity contribution in [2.24, 2.45) is 0 Å². The number of carbonyl (C=O) groups is 1. The van der Waals surface area contributed by atoms with E-state index < -0.39 is 12.5 Å². The van der Waals surface area contributed by atoms with Gasteiger partial charge in [0.2, 0.25) is 0 Å². The molecule has 0 bridgehead atoms. The van der Waals surface area contributed by atoms with Gasteiger partial charge in [-0.05, 0) is 52.7 Å². The maximum absolute atomic E-state index is 12.3. The molecule has 2 aromatic carbocycles. The van der Waals surface area contributed by atoms with Gasteiger partial charge >= 0.3 is 6.61 Å². The Kier molecular flexibility index (Phi) is 5.92. The Hall–Kier alpha value is -2.15.